The number of amides is 3. The topological polar surface area (TPSA) is 301 Å². The standard InChI is InChI=1S/C21H28N2O5.C21H32N2O3.C17H21FN2O4.C12H21BO2.C7H5BrFNO2.C4H8O.CH4/c1-14-11-18(23(25)26)19(27-13-15-5-6-15)12-17(14)16-7-9-22(10-8-16)20(24)28-21(2,3)4;1-14-11-18(22)19(25-13-15-5-6-15)12-17(14)16-7-9-23(10-8-16)20(24)26-21(2,3)4;1-11-9-15(20(22)23)14(18)10-13(11)12-5-7-19(8-6-12)16(21)24-17(2,3)4;1-11(2)12(3,4)15-13(14-11)10-8-6-5-7-9-10;1-4-2-7(10(11)12)6(9)3-5(4)8;5-3-4-1-2-4;/h7,11-12,15H,5-6,8-10,13H2,1-4H3;11-12,15-16H,5-10,13,22H2,1-4H3;5,9-10H,6-8H2,1-4H3;8H,5-7,9H2,1-4H3;2-3H,1H3;4-5H,1-3H2;1H4. The highest BCUT2D eigenvalue weighted by Crippen LogP contribution is 2.43. The highest BCUT2D eigenvalue weighted by Gasteiger charge is 2.52. The number of piperidine rings is 1. The lowest BCUT2D eigenvalue weighted by atomic mass is 9.73. The summed E-state index contributed by atoms with van der Waals surface area (Å²) in [4.78, 5) is 72.1. The van der Waals surface area contributed by atoms with E-state index in [4.69, 9.17) is 43.8 Å². The predicted octanol–water partition coefficient (Wildman–Crippen LogP) is 20.2. The number of anilines is 1. The number of nitrogens with zero attached hydrogens (tertiary/aromatic N) is 6. The summed E-state index contributed by atoms with van der Waals surface area (Å²) in [7, 11) is -0.102. The molecule has 2 saturated heterocycles. The van der Waals surface area contributed by atoms with Crippen molar-refractivity contribution in [3.05, 3.63) is 158 Å². The van der Waals surface area contributed by atoms with E-state index in [1.54, 1.807) is 56.6 Å². The number of hydrogen-bond donors (Lipinski definition) is 2. The van der Waals surface area contributed by atoms with Crippen molar-refractivity contribution in [1.82, 2.24) is 14.7 Å². The second kappa shape index (κ2) is 39.5. The Bertz CT molecular complexity index is 4020. The number of ether oxygens (including phenoxy) is 5. The fourth-order valence-corrected chi connectivity index (χ4v) is 12.7. The quantitative estimate of drug-likeness (QED) is 0.0390. The van der Waals surface area contributed by atoms with Crippen molar-refractivity contribution in [3.8, 4) is 11.5 Å². The lowest BCUT2D eigenvalue weighted by Crippen LogP contribution is -2.41. The van der Waals surface area contributed by atoms with Crippen LogP contribution in [0.4, 0.5) is 45.9 Å². The molecular weight excluding hydrogens is 1500 g/mol. The van der Waals surface area contributed by atoms with Crippen LogP contribution in [0.3, 0.4) is 0 Å². The van der Waals surface area contributed by atoms with Crippen LogP contribution in [0.25, 0.3) is 11.1 Å². The van der Waals surface area contributed by atoms with E-state index >= 15 is 0 Å². The highest BCUT2D eigenvalue weighted by molar-refractivity contribution is 9.10. The lowest BCUT2D eigenvalue weighted by Gasteiger charge is -2.34. The molecule has 8 aliphatic rings. The Kier molecular flexibility index (Phi) is 32.6. The smallest absolute Gasteiger partial charge is 0.490 e. The van der Waals surface area contributed by atoms with Crippen LogP contribution >= 0.6 is 15.9 Å². The molecule has 0 unspecified atom stereocenters. The first-order chi connectivity index (χ1) is 51.3. The Balaban J connectivity index is 0.000000218. The van der Waals surface area contributed by atoms with Crippen molar-refractivity contribution >= 4 is 75.2 Å². The van der Waals surface area contributed by atoms with Crippen molar-refractivity contribution < 1.29 is 76.0 Å². The first kappa shape index (κ1) is 91.7. The van der Waals surface area contributed by atoms with E-state index in [1.165, 1.54) is 79.7 Å². The van der Waals surface area contributed by atoms with Crippen molar-refractivity contribution in [2.45, 2.75) is 249 Å². The number of rotatable bonds is 14. The maximum Gasteiger partial charge on any atom is 0.490 e. The van der Waals surface area contributed by atoms with Gasteiger partial charge in [0, 0.05) is 68.5 Å². The number of nitro groups is 3. The van der Waals surface area contributed by atoms with Gasteiger partial charge in [-0.25, -0.2) is 14.4 Å². The zero-order valence-electron chi connectivity index (χ0n) is 67.4. The first-order valence-corrected chi connectivity index (χ1v) is 39.1. The van der Waals surface area contributed by atoms with Crippen molar-refractivity contribution in [2.24, 2.45) is 17.8 Å². The molecule has 4 aliphatic carbocycles. The van der Waals surface area contributed by atoms with Crippen molar-refractivity contribution in [1.29, 1.82) is 0 Å². The van der Waals surface area contributed by atoms with E-state index in [-0.39, 0.29) is 49.7 Å². The summed E-state index contributed by atoms with van der Waals surface area (Å²) in [5.41, 5.74) is 13.4. The van der Waals surface area contributed by atoms with Gasteiger partial charge in [0.2, 0.25) is 11.6 Å². The molecule has 0 spiro atoms. The van der Waals surface area contributed by atoms with Gasteiger partial charge >= 0.3 is 42.5 Å². The van der Waals surface area contributed by atoms with Gasteiger partial charge in [-0.2, -0.15) is 8.78 Å². The van der Waals surface area contributed by atoms with Gasteiger partial charge in [0.25, 0.3) is 0 Å². The van der Waals surface area contributed by atoms with Gasteiger partial charge in [0.05, 0.1) is 44.9 Å². The van der Waals surface area contributed by atoms with Gasteiger partial charge < -0.3 is 58.5 Å². The van der Waals surface area contributed by atoms with Crippen LogP contribution in [0.5, 0.6) is 11.5 Å². The van der Waals surface area contributed by atoms with Crippen molar-refractivity contribution in [2.75, 3.05) is 64.8 Å². The maximum atomic E-state index is 13.9. The number of nitro benzene ring substituents is 3. The summed E-state index contributed by atoms with van der Waals surface area (Å²) in [5, 5.41) is 40.6. The number of aryl methyl sites for hydroxylation is 4. The molecule has 12 rings (SSSR count). The van der Waals surface area contributed by atoms with Gasteiger partial charge in [-0.3, -0.25) is 30.3 Å². The SMILES string of the molecule is C.CC1(C)OB(C2=CCCCC2)OC1(C)C.Cc1cc(N)c(OCC2CC2)cc1C1CCN(C(=O)OC(C)(C)C)CC1.Cc1cc([N+](=O)[O-])c(F)cc1Br.Cc1cc([N+](=O)[O-])c(F)cc1C1=CCN(C(=O)OC(C)(C)C)CC1.Cc1cc([N+](=O)[O-])c(OCC2CC2)cc1C1=CCN(C(=O)OC(C)(C)C)CC1.OCC1CC1. The van der Waals surface area contributed by atoms with Crippen LogP contribution in [0, 0.1) is 87.4 Å². The molecule has 4 aromatic rings. The summed E-state index contributed by atoms with van der Waals surface area (Å²) < 4.78 is 67.2. The predicted molar refractivity (Wildman–Crippen MR) is 433 cm³/mol. The monoisotopic (exact) mass is 1610 g/mol. The molecule has 4 aromatic carbocycles. The van der Waals surface area contributed by atoms with Gasteiger partial charge in [-0.1, -0.05) is 41.6 Å². The number of aliphatic hydroxyl groups excluding tert-OH is 1. The number of aliphatic hydroxyl groups is 1. The second-order valence-electron chi connectivity index (χ2n) is 33.6. The van der Waals surface area contributed by atoms with E-state index in [0.29, 0.717) is 103 Å². The number of nitrogen functional groups attached to an aromatic ring is 1. The maximum absolute atomic E-state index is 13.9. The van der Waals surface area contributed by atoms with Crippen LogP contribution in [-0.2, 0) is 23.5 Å². The summed E-state index contributed by atoms with van der Waals surface area (Å²) in [6.07, 6.45) is 20.5. The number of nitrogens with two attached hydrogens (primary N) is 1. The molecule has 612 valence electrons. The number of halogens is 3. The minimum Gasteiger partial charge on any atom is -0.491 e. The molecule has 4 aliphatic heterocycles. The molecule has 0 atom stereocenters. The lowest BCUT2D eigenvalue weighted by molar-refractivity contribution is -0.387. The third kappa shape index (κ3) is 28.4. The number of benzene rings is 4. The van der Waals surface area contributed by atoms with Gasteiger partial charge in [0.15, 0.2) is 5.75 Å². The third-order valence-electron chi connectivity index (χ3n) is 20.0. The molecule has 5 fully saturated rings. The van der Waals surface area contributed by atoms with E-state index < -0.39 is 54.6 Å². The molecule has 3 saturated carbocycles. The molecular formula is C83H119BBrF2N7O17. The normalized spacial score (nSPS) is 18.0. The van der Waals surface area contributed by atoms with Crippen LogP contribution in [-0.4, -0.2) is 147 Å². The minimum absolute atomic E-state index is 0. The zero-order chi connectivity index (χ0) is 81.5. The Labute approximate surface area is 663 Å². The second-order valence-corrected chi connectivity index (χ2v) is 34.5. The third-order valence-corrected chi connectivity index (χ3v) is 20.9. The van der Waals surface area contributed by atoms with E-state index in [2.05, 4.69) is 62.7 Å². The van der Waals surface area contributed by atoms with Crippen molar-refractivity contribution in [3.63, 3.8) is 0 Å². The average molecular weight is 1620 g/mol. The summed E-state index contributed by atoms with van der Waals surface area (Å²) in [5.74, 6) is 1.80. The van der Waals surface area contributed by atoms with Gasteiger partial charge in [0.1, 0.15) is 22.6 Å². The molecule has 0 aromatic heterocycles. The number of likely N-dealkylation sites (tertiary alicyclic amines) is 1. The summed E-state index contributed by atoms with van der Waals surface area (Å²) in [6.45, 7) is 37.4. The van der Waals surface area contributed by atoms with Crippen LogP contribution in [0.15, 0.2) is 76.7 Å². The van der Waals surface area contributed by atoms with Gasteiger partial charge in [-0.15, -0.1) is 0 Å². The van der Waals surface area contributed by atoms with E-state index in [1.807, 2.05) is 71.6 Å². The molecule has 0 bridgehead atoms. The molecule has 0 radical (unpaired) electrons. The number of hydrogen-bond acceptors (Lipinski definition) is 18. The molecule has 3 amide bonds. The Morgan fingerprint density at radius 2 is 0.982 bits per heavy atom. The summed E-state index contributed by atoms with van der Waals surface area (Å²) >= 11 is 3.07. The molecule has 28 heteroatoms. The van der Waals surface area contributed by atoms with Gasteiger partial charge in [-0.05, 0) is 317 Å². The van der Waals surface area contributed by atoms with E-state index in [0.717, 1.165) is 91.6 Å². The number of allylic oxidation sites excluding steroid dienone is 2. The molecule has 4 heterocycles. The number of carbonyl (C=O) groups is 3. The van der Waals surface area contributed by atoms with Crippen LogP contribution in [0.2, 0.25) is 0 Å². The fraction of sp³-hybridized carbons (Fsp3) is 0.602. The van der Waals surface area contributed by atoms with Crippen LogP contribution in [0.1, 0.15) is 232 Å². The molecule has 24 nitrogen and oxygen atoms in total. The van der Waals surface area contributed by atoms with Crippen LogP contribution < -0.4 is 15.2 Å². The minimum atomic E-state index is -0.851. The molecule has 111 heavy (non-hydrogen) atoms. The Morgan fingerprint density at radius 1 is 0.559 bits per heavy atom. The zero-order valence-corrected chi connectivity index (χ0v) is 69.0. The Morgan fingerprint density at radius 3 is 1.38 bits per heavy atom. The fourth-order valence-electron chi connectivity index (χ4n) is 12.4. The Hall–Kier alpha value is -8.21. The summed E-state index contributed by atoms with van der Waals surface area (Å²) in [6, 6.07) is 12.2. The largest absolute Gasteiger partial charge is 0.491 e. The average Bonchev–Trinajstić information content (AvgIpc) is 1.68. The van der Waals surface area contributed by atoms with E-state index in [9.17, 15) is 53.5 Å². The first-order valence-electron chi connectivity index (χ1n) is 38.3. The highest BCUT2D eigenvalue weighted by atomic mass is 79.9. The molecule has 3 N–H and O–H groups in total. The number of carbonyl (C=O) groups excluding carboxylic acids is 3.